The lowest BCUT2D eigenvalue weighted by molar-refractivity contribution is 0.488. The molecule has 8 heavy (non-hydrogen) atoms. The Morgan fingerprint density at radius 1 is 1.62 bits per heavy atom. The zero-order chi connectivity index (χ0) is 6.62. The number of hydrogen-bond acceptors (Lipinski definition) is 2. The first kappa shape index (κ1) is 8.14. The van der Waals surface area contributed by atoms with Gasteiger partial charge in [0.1, 0.15) is 0 Å². The molecule has 0 spiro atoms. The van der Waals surface area contributed by atoms with Crippen molar-refractivity contribution in [1.29, 1.82) is 0 Å². The van der Waals surface area contributed by atoms with E-state index in [0.717, 1.165) is 12.5 Å². The molecule has 0 saturated heterocycles. The second-order valence-electron chi connectivity index (χ2n) is 2.82. The molecule has 3 N–H and O–H groups in total. The SMILES string of the molecule is CC(C)(N)CC[SiH2]O. The Kier molecular flexibility index (Phi) is 3.27. The Bertz CT molecular complexity index is 59.9. The first-order valence-electron chi connectivity index (χ1n) is 2.96. The molecule has 0 aromatic carbocycles. The maximum Gasteiger partial charge on any atom is 0.156 e. The van der Waals surface area contributed by atoms with Crippen molar-refractivity contribution in [2.75, 3.05) is 0 Å². The highest BCUT2D eigenvalue weighted by Crippen LogP contribution is 2.05. The van der Waals surface area contributed by atoms with Crippen LogP contribution in [0.2, 0.25) is 6.04 Å². The van der Waals surface area contributed by atoms with Gasteiger partial charge in [0.2, 0.25) is 0 Å². The van der Waals surface area contributed by atoms with Crippen molar-refractivity contribution in [2.45, 2.75) is 31.9 Å². The van der Waals surface area contributed by atoms with Crippen LogP contribution in [0.4, 0.5) is 0 Å². The summed E-state index contributed by atoms with van der Waals surface area (Å²) in [5.74, 6) is 0. The molecule has 0 fully saturated rings. The van der Waals surface area contributed by atoms with Gasteiger partial charge in [-0.1, -0.05) is 0 Å². The molecule has 2 nitrogen and oxygen atoms in total. The van der Waals surface area contributed by atoms with Crippen LogP contribution < -0.4 is 5.73 Å². The highest BCUT2D eigenvalue weighted by atomic mass is 28.2. The third-order valence-corrected chi connectivity index (χ3v) is 1.65. The second-order valence-corrected chi connectivity index (χ2v) is 3.97. The van der Waals surface area contributed by atoms with Crippen LogP contribution in [0.25, 0.3) is 0 Å². The van der Waals surface area contributed by atoms with Crippen molar-refractivity contribution >= 4 is 9.76 Å². The Morgan fingerprint density at radius 3 is 2.25 bits per heavy atom. The quantitative estimate of drug-likeness (QED) is 0.515. The highest BCUT2D eigenvalue weighted by Gasteiger charge is 2.08. The van der Waals surface area contributed by atoms with Gasteiger partial charge in [0.25, 0.3) is 0 Å². The lowest BCUT2D eigenvalue weighted by Crippen LogP contribution is -2.31. The summed E-state index contributed by atoms with van der Waals surface area (Å²) in [6.07, 6.45) is 0.954. The van der Waals surface area contributed by atoms with Gasteiger partial charge in [-0.05, 0) is 26.3 Å². The zero-order valence-electron chi connectivity index (χ0n) is 5.65. The summed E-state index contributed by atoms with van der Waals surface area (Å²) in [5.41, 5.74) is 5.56. The smallest absolute Gasteiger partial charge is 0.156 e. The predicted octanol–water partition coefficient (Wildman–Crippen LogP) is -0.392. The molecular formula is C5H15NOSi. The lowest BCUT2D eigenvalue weighted by Gasteiger charge is -2.16. The van der Waals surface area contributed by atoms with Crippen molar-refractivity contribution < 1.29 is 4.80 Å². The first-order chi connectivity index (χ1) is 3.56. The molecule has 0 rings (SSSR count). The van der Waals surface area contributed by atoms with Crippen LogP contribution in [0, 0.1) is 0 Å². The van der Waals surface area contributed by atoms with Gasteiger partial charge in [0, 0.05) is 5.54 Å². The summed E-state index contributed by atoms with van der Waals surface area (Å²) in [4.78, 5) is 8.51. The van der Waals surface area contributed by atoms with E-state index in [0.29, 0.717) is 0 Å². The first-order valence-corrected chi connectivity index (χ1v) is 4.59. The van der Waals surface area contributed by atoms with E-state index in [1.807, 2.05) is 13.8 Å². The lowest BCUT2D eigenvalue weighted by atomic mass is 10.0. The average molecular weight is 133 g/mol. The van der Waals surface area contributed by atoms with Crippen LogP contribution >= 0.6 is 0 Å². The molecule has 0 aliphatic rings. The summed E-state index contributed by atoms with van der Waals surface area (Å²) >= 11 is 0. The molecule has 3 heteroatoms. The minimum Gasteiger partial charge on any atom is -0.438 e. The molecule has 0 bridgehead atoms. The predicted molar refractivity (Wildman–Crippen MR) is 38.5 cm³/mol. The zero-order valence-corrected chi connectivity index (χ0v) is 7.06. The molecule has 0 saturated carbocycles. The molecule has 0 amide bonds. The van der Waals surface area contributed by atoms with Crippen molar-refractivity contribution in [3.63, 3.8) is 0 Å². The van der Waals surface area contributed by atoms with Crippen molar-refractivity contribution in [3.8, 4) is 0 Å². The molecular weight excluding hydrogens is 118 g/mol. The van der Waals surface area contributed by atoms with Crippen LogP contribution in [0.15, 0.2) is 0 Å². The van der Waals surface area contributed by atoms with Crippen molar-refractivity contribution in [3.05, 3.63) is 0 Å². The van der Waals surface area contributed by atoms with E-state index in [2.05, 4.69) is 0 Å². The fourth-order valence-electron chi connectivity index (χ4n) is 0.535. The van der Waals surface area contributed by atoms with E-state index < -0.39 is 9.76 Å². The van der Waals surface area contributed by atoms with E-state index in [1.165, 1.54) is 0 Å². The topological polar surface area (TPSA) is 46.2 Å². The number of hydrogen-bond donors (Lipinski definition) is 2. The Morgan fingerprint density at radius 2 is 2.12 bits per heavy atom. The highest BCUT2D eigenvalue weighted by molar-refractivity contribution is 6.25. The van der Waals surface area contributed by atoms with E-state index in [9.17, 15) is 0 Å². The monoisotopic (exact) mass is 133 g/mol. The summed E-state index contributed by atoms with van der Waals surface area (Å²) in [7, 11) is -0.746. The van der Waals surface area contributed by atoms with Gasteiger partial charge in [-0.2, -0.15) is 0 Å². The molecule has 50 valence electrons. The minimum atomic E-state index is -0.746. The van der Waals surface area contributed by atoms with E-state index in [4.69, 9.17) is 10.5 Å². The van der Waals surface area contributed by atoms with Crippen LogP contribution in [0.3, 0.4) is 0 Å². The average Bonchev–Trinajstić information content (AvgIpc) is 1.59. The molecule has 0 heterocycles. The van der Waals surface area contributed by atoms with Crippen LogP contribution in [0.1, 0.15) is 20.3 Å². The summed E-state index contributed by atoms with van der Waals surface area (Å²) in [6.45, 7) is 3.97. The standard InChI is InChI=1S/C5H15NOSi/c1-5(2,6)3-4-8-7/h7H,3-4,6,8H2,1-2H3. The van der Waals surface area contributed by atoms with E-state index in [1.54, 1.807) is 0 Å². The van der Waals surface area contributed by atoms with Gasteiger partial charge in [0.15, 0.2) is 9.76 Å². The Balaban J connectivity index is 3.11. The summed E-state index contributed by atoms with van der Waals surface area (Å²) < 4.78 is 0. The molecule has 0 radical (unpaired) electrons. The third kappa shape index (κ3) is 6.14. The largest absolute Gasteiger partial charge is 0.438 e. The van der Waals surface area contributed by atoms with Gasteiger partial charge in [-0.15, -0.1) is 0 Å². The van der Waals surface area contributed by atoms with Gasteiger partial charge in [-0.25, -0.2) is 0 Å². The fourth-order valence-corrected chi connectivity index (χ4v) is 1.60. The molecule has 0 aliphatic carbocycles. The normalized spacial score (nSPS) is 13.5. The summed E-state index contributed by atoms with van der Waals surface area (Å²) in [5, 5.41) is 0. The fraction of sp³-hybridized carbons (Fsp3) is 1.00. The Hall–Kier alpha value is 0.137. The molecule has 0 aliphatic heterocycles. The summed E-state index contributed by atoms with van der Waals surface area (Å²) in [6, 6.07) is 0.948. The number of nitrogens with two attached hydrogens (primary N) is 1. The second kappa shape index (κ2) is 3.22. The maximum atomic E-state index is 8.51. The van der Waals surface area contributed by atoms with Gasteiger partial charge >= 0.3 is 0 Å². The van der Waals surface area contributed by atoms with E-state index in [-0.39, 0.29) is 5.54 Å². The van der Waals surface area contributed by atoms with Gasteiger partial charge in [-0.3, -0.25) is 0 Å². The van der Waals surface area contributed by atoms with Crippen LogP contribution in [-0.4, -0.2) is 20.1 Å². The minimum absolute atomic E-state index is 0.0737. The van der Waals surface area contributed by atoms with Gasteiger partial charge < -0.3 is 10.5 Å². The maximum absolute atomic E-state index is 8.51. The third-order valence-electron chi connectivity index (χ3n) is 0.979. The molecule has 0 aromatic heterocycles. The number of rotatable bonds is 3. The van der Waals surface area contributed by atoms with Crippen LogP contribution in [0.5, 0.6) is 0 Å². The van der Waals surface area contributed by atoms with Crippen LogP contribution in [-0.2, 0) is 0 Å². The van der Waals surface area contributed by atoms with Crippen molar-refractivity contribution in [2.24, 2.45) is 5.73 Å². The Labute approximate surface area is 53.0 Å². The van der Waals surface area contributed by atoms with Crippen molar-refractivity contribution in [1.82, 2.24) is 0 Å². The van der Waals surface area contributed by atoms with E-state index >= 15 is 0 Å². The molecule has 0 atom stereocenters. The molecule has 0 unspecified atom stereocenters. The van der Waals surface area contributed by atoms with Gasteiger partial charge in [0.05, 0.1) is 0 Å². The molecule has 0 aromatic rings.